The molecule has 0 radical (unpaired) electrons. The van der Waals surface area contributed by atoms with Gasteiger partial charge in [0.15, 0.2) is 5.82 Å². The van der Waals surface area contributed by atoms with E-state index in [0.29, 0.717) is 35.3 Å². The second kappa shape index (κ2) is 9.15. The average molecular weight is 489 g/mol. The van der Waals surface area contributed by atoms with Gasteiger partial charge in [-0.15, -0.1) is 0 Å². The second-order valence-electron chi connectivity index (χ2n) is 8.21. The molecule has 8 nitrogen and oxygen atoms in total. The van der Waals surface area contributed by atoms with Gasteiger partial charge in [0, 0.05) is 24.6 Å². The number of hydrogen-bond donors (Lipinski definition) is 1. The van der Waals surface area contributed by atoms with Crippen molar-refractivity contribution < 1.29 is 17.7 Å². The smallest absolute Gasteiger partial charge is 0.264 e. The van der Waals surface area contributed by atoms with Crippen LogP contribution in [0, 0.1) is 6.92 Å². The van der Waals surface area contributed by atoms with Gasteiger partial charge in [0.2, 0.25) is 5.89 Å². The molecule has 0 unspecified atom stereocenters. The lowest BCUT2D eigenvalue weighted by Gasteiger charge is -2.35. The van der Waals surface area contributed by atoms with Crippen LogP contribution in [0.5, 0.6) is 0 Å². The molecule has 0 spiro atoms. The van der Waals surface area contributed by atoms with E-state index < -0.39 is 15.6 Å². The molecule has 10 heteroatoms. The number of carbonyl (C=O) groups is 1. The zero-order valence-electron chi connectivity index (χ0n) is 18.4. The van der Waals surface area contributed by atoms with Crippen LogP contribution in [0.4, 0.5) is 5.69 Å². The summed E-state index contributed by atoms with van der Waals surface area (Å²) in [6.45, 7) is 1.71. The highest BCUT2D eigenvalue weighted by Gasteiger charge is 2.40. The highest BCUT2D eigenvalue weighted by atomic mass is 35.5. The Morgan fingerprint density at radius 3 is 2.52 bits per heavy atom. The van der Waals surface area contributed by atoms with E-state index in [1.54, 1.807) is 43.3 Å². The lowest BCUT2D eigenvalue weighted by atomic mass is 9.80. The third kappa shape index (κ3) is 4.74. The van der Waals surface area contributed by atoms with Gasteiger partial charge >= 0.3 is 0 Å². The highest BCUT2D eigenvalue weighted by Crippen LogP contribution is 2.36. The first-order valence-corrected chi connectivity index (χ1v) is 12.5. The number of halogens is 1. The van der Waals surface area contributed by atoms with Crippen LogP contribution < -0.4 is 9.62 Å². The second-order valence-corrected chi connectivity index (χ2v) is 10.6. The molecule has 0 aliphatic heterocycles. The maximum Gasteiger partial charge on any atom is 0.264 e. The minimum Gasteiger partial charge on any atom is -0.340 e. The van der Waals surface area contributed by atoms with Crippen molar-refractivity contribution in [3.63, 3.8) is 0 Å². The molecule has 0 bridgehead atoms. The summed E-state index contributed by atoms with van der Waals surface area (Å²) >= 11 is 6.02. The monoisotopic (exact) mass is 488 g/mol. The standard InChI is InChI=1S/C23H25ClN4O4S/c1-16-25-22(27-32-16)23(12-4-3-5-13-23)26-21(29)17-8-6-11-20(14-17)33(30,31)28(2)19-10-7-9-18(24)15-19/h6-11,14-15H,3-5,12-13H2,1-2H3,(H,26,29). The molecule has 1 saturated carbocycles. The first-order valence-electron chi connectivity index (χ1n) is 10.7. The van der Waals surface area contributed by atoms with E-state index >= 15 is 0 Å². The summed E-state index contributed by atoms with van der Waals surface area (Å²) in [5.74, 6) is 0.501. The SMILES string of the molecule is Cc1nc(C2(NC(=O)c3cccc(S(=O)(=O)N(C)c4cccc(Cl)c4)c3)CCCCC2)no1. The van der Waals surface area contributed by atoms with Gasteiger partial charge in [-0.25, -0.2) is 8.42 Å². The number of amides is 1. The van der Waals surface area contributed by atoms with Crippen molar-refractivity contribution in [2.45, 2.75) is 49.5 Å². The minimum absolute atomic E-state index is 0.00530. The topological polar surface area (TPSA) is 105 Å². The number of rotatable bonds is 6. The molecule has 1 N–H and O–H groups in total. The van der Waals surface area contributed by atoms with Gasteiger partial charge in [-0.3, -0.25) is 9.10 Å². The van der Waals surface area contributed by atoms with Gasteiger partial charge in [-0.1, -0.05) is 48.2 Å². The maximum atomic E-state index is 13.2. The van der Waals surface area contributed by atoms with Crippen LogP contribution in [-0.2, 0) is 15.6 Å². The largest absolute Gasteiger partial charge is 0.340 e. The number of nitrogens with one attached hydrogen (secondary N) is 1. The third-order valence-corrected chi connectivity index (χ3v) is 7.96. The molecule has 0 saturated heterocycles. The van der Waals surface area contributed by atoms with Crippen molar-refractivity contribution in [3.8, 4) is 0 Å². The molecule has 1 heterocycles. The molecular weight excluding hydrogens is 464 g/mol. The zero-order chi connectivity index (χ0) is 23.6. The number of hydrogen-bond acceptors (Lipinski definition) is 6. The Morgan fingerprint density at radius 2 is 1.85 bits per heavy atom. The number of sulfonamides is 1. The van der Waals surface area contributed by atoms with Crippen LogP contribution in [0.1, 0.15) is 54.2 Å². The van der Waals surface area contributed by atoms with Crippen LogP contribution in [-0.4, -0.2) is 31.5 Å². The van der Waals surface area contributed by atoms with Gasteiger partial charge in [0.05, 0.1) is 10.6 Å². The number of nitrogens with zero attached hydrogens (tertiary/aromatic N) is 3. The van der Waals surface area contributed by atoms with Crippen molar-refractivity contribution >= 4 is 33.2 Å². The van der Waals surface area contributed by atoms with Gasteiger partial charge in [-0.05, 0) is 49.2 Å². The third-order valence-electron chi connectivity index (χ3n) is 5.94. The molecule has 3 aromatic rings. The predicted octanol–water partition coefficient (Wildman–Crippen LogP) is 4.45. The molecule has 1 aliphatic carbocycles. The van der Waals surface area contributed by atoms with E-state index in [2.05, 4.69) is 15.5 Å². The lowest BCUT2D eigenvalue weighted by molar-refractivity contribution is 0.0855. The summed E-state index contributed by atoms with van der Waals surface area (Å²) in [5, 5.41) is 7.57. The molecule has 2 aromatic carbocycles. The fourth-order valence-electron chi connectivity index (χ4n) is 4.11. The van der Waals surface area contributed by atoms with Crippen LogP contribution in [0.3, 0.4) is 0 Å². The van der Waals surface area contributed by atoms with Crippen molar-refractivity contribution in [2.75, 3.05) is 11.4 Å². The van der Waals surface area contributed by atoms with Crippen LogP contribution >= 0.6 is 11.6 Å². The van der Waals surface area contributed by atoms with E-state index in [-0.39, 0.29) is 16.4 Å². The van der Waals surface area contributed by atoms with Crippen LogP contribution in [0.15, 0.2) is 57.9 Å². The Kier molecular flexibility index (Phi) is 6.45. The van der Waals surface area contributed by atoms with E-state index in [1.807, 2.05) is 0 Å². The van der Waals surface area contributed by atoms with E-state index in [1.165, 1.54) is 19.2 Å². The molecule has 4 rings (SSSR count). The van der Waals surface area contributed by atoms with Crippen molar-refractivity contribution in [1.29, 1.82) is 0 Å². The average Bonchev–Trinajstić information content (AvgIpc) is 3.26. The molecule has 1 amide bonds. The quantitative estimate of drug-likeness (QED) is 0.549. The van der Waals surface area contributed by atoms with Gasteiger partial charge in [-0.2, -0.15) is 4.98 Å². The molecule has 174 valence electrons. The Balaban J connectivity index is 1.62. The summed E-state index contributed by atoms with van der Waals surface area (Å²) in [4.78, 5) is 17.6. The predicted molar refractivity (Wildman–Crippen MR) is 125 cm³/mol. The number of aromatic nitrogens is 2. The van der Waals surface area contributed by atoms with Gasteiger partial charge in [0.1, 0.15) is 5.54 Å². The summed E-state index contributed by atoms with van der Waals surface area (Å²) in [5.41, 5.74) is -0.0776. The summed E-state index contributed by atoms with van der Waals surface area (Å²) in [6.07, 6.45) is 4.29. The molecule has 1 aromatic heterocycles. The van der Waals surface area contributed by atoms with E-state index in [9.17, 15) is 13.2 Å². The number of aryl methyl sites for hydroxylation is 1. The summed E-state index contributed by atoms with van der Waals surface area (Å²) in [7, 11) is -2.46. The highest BCUT2D eigenvalue weighted by molar-refractivity contribution is 7.92. The Bertz CT molecular complexity index is 1270. The molecule has 1 aliphatic rings. The first-order chi connectivity index (χ1) is 15.7. The zero-order valence-corrected chi connectivity index (χ0v) is 20.0. The van der Waals surface area contributed by atoms with E-state index in [0.717, 1.165) is 23.6 Å². The van der Waals surface area contributed by atoms with Crippen LogP contribution in [0.25, 0.3) is 0 Å². The summed E-state index contributed by atoms with van der Waals surface area (Å²) < 4.78 is 32.7. The maximum absolute atomic E-state index is 13.2. The Hall–Kier alpha value is -2.91. The molecule has 1 fully saturated rings. The van der Waals surface area contributed by atoms with Crippen molar-refractivity contribution in [2.24, 2.45) is 0 Å². The normalized spacial score (nSPS) is 15.7. The Labute approximate surface area is 198 Å². The van der Waals surface area contributed by atoms with Gasteiger partial charge < -0.3 is 9.84 Å². The van der Waals surface area contributed by atoms with Crippen molar-refractivity contribution in [1.82, 2.24) is 15.5 Å². The number of carbonyl (C=O) groups excluding carboxylic acids is 1. The molecule has 33 heavy (non-hydrogen) atoms. The van der Waals surface area contributed by atoms with Gasteiger partial charge in [0.25, 0.3) is 15.9 Å². The summed E-state index contributed by atoms with van der Waals surface area (Å²) in [6, 6.07) is 12.6. The minimum atomic E-state index is -3.91. The molecule has 0 atom stereocenters. The van der Waals surface area contributed by atoms with E-state index in [4.69, 9.17) is 16.1 Å². The number of benzene rings is 2. The lowest BCUT2D eigenvalue weighted by Crippen LogP contribution is -2.48. The van der Waals surface area contributed by atoms with Crippen molar-refractivity contribution in [3.05, 3.63) is 70.8 Å². The Morgan fingerprint density at radius 1 is 1.12 bits per heavy atom. The first kappa shape index (κ1) is 23.3. The number of anilines is 1. The fraction of sp³-hybridized carbons (Fsp3) is 0.348. The molecular formula is C23H25ClN4O4S. The fourth-order valence-corrected chi connectivity index (χ4v) is 5.53. The van der Waals surface area contributed by atoms with Crippen LogP contribution in [0.2, 0.25) is 5.02 Å².